The third-order valence-corrected chi connectivity index (χ3v) is 5.91. The van der Waals surface area contributed by atoms with Crippen LogP contribution in [-0.2, 0) is 4.79 Å². The highest BCUT2D eigenvalue weighted by molar-refractivity contribution is 6.09. The van der Waals surface area contributed by atoms with Gasteiger partial charge in [-0.25, -0.2) is 0 Å². The van der Waals surface area contributed by atoms with Crippen molar-refractivity contribution in [2.45, 2.75) is 27.7 Å². The summed E-state index contributed by atoms with van der Waals surface area (Å²) >= 11 is 0. The van der Waals surface area contributed by atoms with Crippen LogP contribution in [0.1, 0.15) is 27.8 Å². The van der Waals surface area contributed by atoms with Crippen molar-refractivity contribution in [1.82, 2.24) is 9.38 Å². The van der Waals surface area contributed by atoms with E-state index in [1.165, 1.54) is 10.5 Å². The van der Waals surface area contributed by atoms with Gasteiger partial charge in [0, 0.05) is 11.9 Å². The molecule has 0 aliphatic carbocycles. The lowest BCUT2D eigenvalue weighted by Crippen LogP contribution is -2.20. The Hall–Kier alpha value is -4.70. The van der Waals surface area contributed by atoms with Crippen LogP contribution in [0.25, 0.3) is 11.7 Å². The smallest absolute Gasteiger partial charge is 0.269 e. The van der Waals surface area contributed by atoms with Crippen molar-refractivity contribution in [3.05, 3.63) is 105 Å². The molecule has 2 aromatic heterocycles. The summed E-state index contributed by atoms with van der Waals surface area (Å²) in [6, 6.07) is 18.1. The Balaban J connectivity index is 1.81. The van der Waals surface area contributed by atoms with Crippen LogP contribution in [0, 0.1) is 39.0 Å². The van der Waals surface area contributed by atoms with Crippen molar-refractivity contribution in [1.29, 1.82) is 5.26 Å². The number of hydrogen-bond acceptors (Lipinski definition) is 5. The van der Waals surface area contributed by atoms with E-state index in [-0.39, 0.29) is 17.0 Å². The summed E-state index contributed by atoms with van der Waals surface area (Å²) < 4.78 is 7.42. The van der Waals surface area contributed by atoms with Crippen LogP contribution in [0.3, 0.4) is 0 Å². The Bertz CT molecular complexity index is 1590. The van der Waals surface area contributed by atoms with Crippen molar-refractivity contribution in [2.24, 2.45) is 0 Å². The molecular weight excluding hydrogens is 440 g/mol. The molecule has 1 N–H and O–H groups in total. The number of nitrogens with zero attached hydrogens (tertiary/aromatic N) is 3. The first kappa shape index (κ1) is 23.5. The standard InChI is InChI=1S/C28H24N4O3/c1-17-11-12-22(14-19(17)3)30-26(33)21(16-29)15-23-27(35-24-9-7-8-18(2)20(24)4)31-25-10-5-6-13-32(25)28(23)34/h5-15H,1-4H3,(H,30,33)/b21-15-. The van der Waals surface area contributed by atoms with Crippen LogP contribution in [0.15, 0.2) is 71.2 Å². The molecule has 0 spiro atoms. The number of amides is 1. The largest absolute Gasteiger partial charge is 0.438 e. The van der Waals surface area contributed by atoms with Gasteiger partial charge in [0.15, 0.2) is 0 Å². The second-order valence-electron chi connectivity index (χ2n) is 8.29. The summed E-state index contributed by atoms with van der Waals surface area (Å²) in [6.45, 7) is 7.77. The van der Waals surface area contributed by atoms with Crippen LogP contribution >= 0.6 is 0 Å². The molecule has 0 unspecified atom stereocenters. The second-order valence-corrected chi connectivity index (χ2v) is 8.29. The second kappa shape index (κ2) is 9.65. The summed E-state index contributed by atoms with van der Waals surface area (Å²) in [6.07, 6.45) is 2.80. The van der Waals surface area contributed by atoms with Crippen LogP contribution in [0.5, 0.6) is 11.6 Å². The Morgan fingerprint density at radius 1 is 1.03 bits per heavy atom. The van der Waals surface area contributed by atoms with Crippen molar-refractivity contribution < 1.29 is 9.53 Å². The zero-order valence-electron chi connectivity index (χ0n) is 19.9. The summed E-state index contributed by atoms with van der Waals surface area (Å²) in [5.74, 6) is -0.0856. The molecule has 0 saturated carbocycles. The van der Waals surface area contributed by atoms with E-state index in [2.05, 4.69) is 10.3 Å². The maximum absolute atomic E-state index is 13.4. The van der Waals surface area contributed by atoms with Crippen molar-refractivity contribution in [3.63, 3.8) is 0 Å². The molecule has 0 fully saturated rings. The predicted molar refractivity (Wildman–Crippen MR) is 136 cm³/mol. The zero-order chi connectivity index (χ0) is 25.1. The molecule has 1 amide bonds. The number of anilines is 1. The van der Waals surface area contributed by atoms with Crippen LogP contribution < -0.4 is 15.6 Å². The fourth-order valence-corrected chi connectivity index (χ4v) is 3.53. The van der Waals surface area contributed by atoms with Gasteiger partial charge >= 0.3 is 0 Å². The molecule has 7 heteroatoms. The number of carbonyl (C=O) groups is 1. The van der Waals surface area contributed by atoms with E-state index < -0.39 is 11.5 Å². The van der Waals surface area contributed by atoms with E-state index in [0.717, 1.165) is 22.3 Å². The van der Waals surface area contributed by atoms with Crippen molar-refractivity contribution in [2.75, 3.05) is 5.32 Å². The molecule has 174 valence electrons. The number of aromatic nitrogens is 2. The minimum Gasteiger partial charge on any atom is -0.438 e. The molecule has 0 saturated heterocycles. The van der Waals surface area contributed by atoms with Crippen molar-refractivity contribution in [3.8, 4) is 17.7 Å². The molecule has 2 aromatic carbocycles. The maximum atomic E-state index is 13.4. The molecule has 0 radical (unpaired) electrons. The van der Waals surface area contributed by atoms with Gasteiger partial charge in [-0.05, 0) is 86.4 Å². The van der Waals surface area contributed by atoms with Gasteiger partial charge in [-0.3, -0.25) is 14.0 Å². The maximum Gasteiger partial charge on any atom is 0.269 e. The minimum absolute atomic E-state index is 0.00129. The highest BCUT2D eigenvalue weighted by Gasteiger charge is 2.18. The summed E-state index contributed by atoms with van der Waals surface area (Å²) in [4.78, 5) is 30.8. The van der Waals surface area contributed by atoms with E-state index in [4.69, 9.17) is 4.74 Å². The Morgan fingerprint density at radius 3 is 2.57 bits per heavy atom. The molecule has 0 aliphatic heterocycles. The van der Waals surface area contributed by atoms with E-state index in [0.29, 0.717) is 17.1 Å². The van der Waals surface area contributed by atoms with Crippen LogP contribution in [0.2, 0.25) is 0 Å². The number of benzene rings is 2. The number of rotatable bonds is 5. The first-order valence-corrected chi connectivity index (χ1v) is 11.0. The molecule has 7 nitrogen and oxygen atoms in total. The van der Waals surface area contributed by atoms with Crippen LogP contribution in [-0.4, -0.2) is 15.3 Å². The van der Waals surface area contributed by atoms with E-state index in [1.807, 2.05) is 58.0 Å². The van der Waals surface area contributed by atoms with E-state index in [1.54, 1.807) is 36.5 Å². The number of nitrogens with one attached hydrogen (secondary N) is 1. The Morgan fingerprint density at radius 2 is 1.83 bits per heavy atom. The summed E-state index contributed by atoms with van der Waals surface area (Å²) in [5, 5.41) is 12.5. The molecule has 0 bridgehead atoms. The normalized spacial score (nSPS) is 11.2. The topological polar surface area (TPSA) is 96.5 Å². The molecular formula is C28H24N4O3. The molecule has 0 aliphatic rings. The number of aryl methyl sites for hydroxylation is 3. The lowest BCUT2D eigenvalue weighted by molar-refractivity contribution is -0.112. The third kappa shape index (κ3) is 4.82. The number of carbonyl (C=O) groups excluding carboxylic acids is 1. The molecule has 35 heavy (non-hydrogen) atoms. The van der Waals surface area contributed by atoms with Gasteiger partial charge < -0.3 is 10.1 Å². The molecule has 2 heterocycles. The van der Waals surface area contributed by atoms with Gasteiger partial charge in [-0.15, -0.1) is 0 Å². The zero-order valence-corrected chi connectivity index (χ0v) is 19.9. The monoisotopic (exact) mass is 464 g/mol. The molecule has 4 aromatic rings. The average Bonchev–Trinajstić information content (AvgIpc) is 2.84. The van der Waals surface area contributed by atoms with Gasteiger partial charge in [0.05, 0.1) is 0 Å². The van der Waals surface area contributed by atoms with E-state index >= 15 is 0 Å². The number of pyridine rings is 1. The number of fused-ring (bicyclic) bond motifs is 1. The Labute approximate surface area is 203 Å². The average molecular weight is 465 g/mol. The predicted octanol–water partition coefficient (Wildman–Crippen LogP) is 5.27. The first-order valence-electron chi connectivity index (χ1n) is 11.0. The van der Waals surface area contributed by atoms with Gasteiger partial charge in [0.25, 0.3) is 11.5 Å². The summed E-state index contributed by atoms with van der Waals surface area (Å²) in [7, 11) is 0. The van der Waals surface area contributed by atoms with E-state index in [9.17, 15) is 14.9 Å². The number of nitriles is 1. The number of hydrogen-bond donors (Lipinski definition) is 1. The first-order chi connectivity index (χ1) is 16.8. The fraction of sp³-hybridized carbons (Fsp3) is 0.143. The van der Waals surface area contributed by atoms with Gasteiger partial charge in [0.2, 0.25) is 5.88 Å². The summed E-state index contributed by atoms with van der Waals surface area (Å²) in [5.41, 5.74) is 4.24. The highest BCUT2D eigenvalue weighted by atomic mass is 16.5. The van der Waals surface area contributed by atoms with Gasteiger partial charge in [-0.1, -0.05) is 24.3 Å². The molecule has 4 rings (SSSR count). The van der Waals surface area contributed by atoms with Gasteiger partial charge in [-0.2, -0.15) is 10.2 Å². The Kier molecular flexibility index (Phi) is 6.47. The lowest BCUT2D eigenvalue weighted by atomic mass is 10.1. The van der Waals surface area contributed by atoms with Gasteiger partial charge in [0.1, 0.15) is 28.6 Å². The van der Waals surface area contributed by atoms with Crippen molar-refractivity contribution >= 4 is 23.3 Å². The fourth-order valence-electron chi connectivity index (χ4n) is 3.53. The minimum atomic E-state index is -0.633. The third-order valence-electron chi connectivity index (χ3n) is 5.91. The van der Waals surface area contributed by atoms with Crippen LogP contribution in [0.4, 0.5) is 5.69 Å². The number of ether oxygens (including phenoxy) is 1. The molecule has 0 atom stereocenters. The quantitative estimate of drug-likeness (QED) is 0.321. The highest BCUT2D eigenvalue weighted by Crippen LogP contribution is 2.28. The SMILES string of the molecule is Cc1ccc(NC(=O)/C(C#N)=C\c2c(Oc3cccc(C)c3C)nc3ccccn3c2=O)cc1C. The lowest BCUT2D eigenvalue weighted by Gasteiger charge is -2.13.